The van der Waals surface area contributed by atoms with E-state index in [4.69, 9.17) is 0 Å². The predicted molar refractivity (Wildman–Crippen MR) is 140 cm³/mol. The molecular weight excluding hydrogens is 495 g/mol. The van der Waals surface area contributed by atoms with Crippen molar-refractivity contribution in [1.29, 1.82) is 0 Å². The number of anilines is 2. The Labute approximate surface area is 218 Å². The number of aryl methyl sites for hydroxylation is 1. The van der Waals surface area contributed by atoms with Crippen molar-refractivity contribution in [3.05, 3.63) is 95.1 Å². The molecule has 1 aliphatic heterocycles. The molecule has 10 heteroatoms. The Balaban J connectivity index is 1.65. The van der Waals surface area contributed by atoms with Gasteiger partial charge in [0, 0.05) is 43.8 Å². The number of amides is 2. The van der Waals surface area contributed by atoms with Crippen molar-refractivity contribution < 1.29 is 22.8 Å². The predicted octanol–water partition coefficient (Wildman–Crippen LogP) is 5.77. The summed E-state index contributed by atoms with van der Waals surface area (Å²) in [4.78, 5) is 33.8. The quantitative estimate of drug-likeness (QED) is 0.445. The summed E-state index contributed by atoms with van der Waals surface area (Å²) in [5, 5.41) is 5.39. The van der Waals surface area contributed by atoms with Gasteiger partial charge in [-0.1, -0.05) is 6.07 Å². The number of allylic oxidation sites excluding steroid dienone is 2. The number of carbonyl (C=O) groups excluding carboxylic acids is 2. The molecule has 7 nitrogen and oxygen atoms in total. The lowest BCUT2D eigenvalue weighted by Gasteiger charge is -2.31. The fraction of sp³-hybridized carbons (Fsp3) is 0.214. The minimum atomic E-state index is -4.65. The third-order valence-electron chi connectivity index (χ3n) is 6.23. The van der Waals surface area contributed by atoms with Gasteiger partial charge in [-0.05, 0) is 84.2 Å². The fourth-order valence-corrected chi connectivity index (χ4v) is 4.15. The van der Waals surface area contributed by atoms with Crippen molar-refractivity contribution >= 4 is 34.5 Å². The number of rotatable bonds is 5. The molecule has 0 radical (unpaired) electrons. The van der Waals surface area contributed by atoms with Crippen LogP contribution in [-0.2, 0) is 11.0 Å². The molecule has 1 unspecified atom stereocenters. The molecule has 1 aromatic carbocycles. The first-order chi connectivity index (χ1) is 17.9. The minimum absolute atomic E-state index is 0.0315. The number of hydrogen-bond acceptors (Lipinski definition) is 5. The van der Waals surface area contributed by atoms with Gasteiger partial charge in [-0.25, -0.2) is 4.98 Å². The van der Waals surface area contributed by atoms with Crippen molar-refractivity contribution in [3.8, 4) is 0 Å². The number of alkyl halides is 3. The highest BCUT2D eigenvalue weighted by Crippen LogP contribution is 2.35. The van der Waals surface area contributed by atoms with Gasteiger partial charge in [0.05, 0.1) is 6.04 Å². The van der Waals surface area contributed by atoms with Crippen molar-refractivity contribution in [2.45, 2.75) is 33.0 Å². The Morgan fingerprint density at radius 2 is 1.74 bits per heavy atom. The molecule has 0 fully saturated rings. The van der Waals surface area contributed by atoms with Gasteiger partial charge in [-0.2, -0.15) is 13.2 Å². The molecule has 1 atom stereocenters. The summed E-state index contributed by atoms with van der Waals surface area (Å²) >= 11 is 0. The molecule has 0 saturated heterocycles. The maximum atomic E-state index is 13.0. The van der Waals surface area contributed by atoms with E-state index in [1.165, 1.54) is 13.0 Å². The molecule has 196 valence electrons. The first kappa shape index (κ1) is 26.6. The fourth-order valence-electron chi connectivity index (χ4n) is 4.15. The summed E-state index contributed by atoms with van der Waals surface area (Å²) in [6.45, 7) is 5.42. The minimum Gasteiger partial charge on any atom is -0.373 e. The molecule has 0 spiro atoms. The second-order valence-electron chi connectivity index (χ2n) is 9.05. The number of pyridine rings is 2. The van der Waals surface area contributed by atoms with Gasteiger partial charge in [0.2, 0.25) is 5.91 Å². The van der Waals surface area contributed by atoms with Crippen LogP contribution in [0.2, 0.25) is 0 Å². The Bertz CT molecular complexity index is 1460. The number of benzene rings is 1. The van der Waals surface area contributed by atoms with E-state index in [1.54, 1.807) is 18.3 Å². The van der Waals surface area contributed by atoms with Gasteiger partial charge in [0.15, 0.2) is 0 Å². The van der Waals surface area contributed by atoms with E-state index < -0.39 is 17.8 Å². The molecule has 2 aromatic heterocycles. The van der Waals surface area contributed by atoms with Gasteiger partial charge < -0.3 is 15.5 Å². The van der Waals surface area contributed by atoms with E-state index in [9.17, 15) is 22.8 Å². The molecule has 0 bridgehead atoms. The van der Waals surface area contributed by atoms with Crippen molar-refractivity contribution in [3.63, 3.8) is 0 Å². The summed E-state index contributed by atoms with van der Waals surface area (Å²) < 4.78 is 39.1. The second kappa shape index (κ2) is 10.5. The molecule has 1 aliphatic rings. The van der Waals surface area contributed by atoms with Gasteiger partial charge >= 0.3 is 6.18 Å². The van der Waals surface area contributed by atoms with E-state index in [0.717, 1.165) is 40.1 Å². The van der Waals surface area contributed by atoms with Crippen molar-refractivity contribution in [2.24, 2.45) is 0 Å². The van der Waals surface area contributed by atoms with Crippen LogP contribution < -0.4 is 10.6 Å². The zero-order valence-electron chi connectivity index (χ0n) is 21.2. The lowest BCUT2D eigenvalue weighted by molar-refractivity contribution is -0.141. The third-order valence-corrected chi connectivity index (χ3v) is 6.23. The molecule has 38 heavy (non-hydrogen) atoms. The zero-order valence-corrected chi connectivity index (χ0v) is 21.2. The number of aromatic nitrogens is 2. The maximum absolute atomic E-state index is 13.0. The second-order valence-corrected chi connectivity index (χ2v) is 9.05. The number of nitrogens with zero attached hydrogens (tertiary/aromatic N) is 3. The Hall–Kier alpha value is -4.47. The number of hydrogen-bond donors (Lipinski definition) is 2. The molecule has 0 aliphatic carbocycles. The monoisotopic (exact) mass is 521 g/mol. The molecular formula is C28H26F3N5O2. The smallest absolute Gasteiger partial charge is 0.373 e. The number of nitrogens with one attached hydrogen (secondary N) is 2. The van der Waals surface area contributed by atoms with Crippen molar-refractivity contribution in [1.82, 2.24) is 14.9 Å². The van der Waals surface area contributed by atoms with Crippen LogP contribution in [0, 0.1) is 6.92 Å². The summed E-state index contributed by atoms with van der Waals surface area (Å²) in [5.41, 5.74) is 3.75. The summed E-state index contributed by atoms with van der Waals surface area (Å²) in [6, 6.07) is 11.0. The average Bonchev–Trinajstić information content (AvgIpc) is 2.86. The molecule has 2 amide bonds. The topological polar surface area (TPSA) is 87.2 Å². The highest BCUT2D eigenvalue weighted by molar-refractivity contribution is 6.04. The first-order valence-corrected chi connectivity index (χ1v) is 11.8. The standard InChI is InChI=1S/C28H26F3N5O2/c1-16-5-6-22(35-27(38)20-8-9-32-25(12-20)28(29,30)31)14-23(16)21-11-24(17(2)36(4)15-21)19-7-10-33-26(13-19)34-18(3)37/h5-15,17H,1-4H3,(H,35,38)(H,33,34,37). The summed E-state index contributed by atoms with van der Waals surface area (Å²) in [6.07, 6.45) is 1.99. The van der Waals surface area contributed by atoms with Crippen LogP contribution >= 0.6 is 0 Å². The number of carbonyl (C=O) groups is 2. The molecule has 3 heterocycles. The third kappa shape index (κ3) is 5.91. The van der Waals surface area contributed by atoms with Crippen LogP contribution in [0.15, 0.2) is 67.1 Å². The molecule has 4 rings (SSSR count). The Morgan fingerprint density at radius 3 is 2.45 bits per heavy atom. The molecule has 3 aromatic rings. The highest BCUT2D eigenvalue weighted by Gasteiger charge is 2.33. The SMILES string of the molecule is CC(=O)Nc1cc(C2=CC(c3cc(NC(=O)c4ccnc(C(F)(F)F)c4)ccc3C)=CN(C)C2C)ccn1. The Kier molecular flexibility index (Phi) is 7.34. The molecule has 2 N–H and O–H groups in total. The lowest BCUT2D eigenvalue weighted by atomic mass is 9.90. The Morgan fingerprint density at radius 1 is 1.00 bits per heavy atom. The normalized spacial score (nSPS) is 15.4. The maximum Gasteiger partial charge on any atom is 0.433 e. The van der Waals surface area contributed by atoms with Gasteiger partial charge in [0.25, 0.3) is 5.91 Å². The van der Waals surface area contributed by atoms with Gasteiger partial charge in [-0.15, -0.1) is 0 Å². The van der Waals surface area contributed by atoms with Crippen LogP contribution in [0.25, 0.3) is 11.1 Å². The average molecular weight is 522 g/mol. The van der Waals surface area contributed by atoms with Gasteiger partial charge in [0.1, 0.15) is 11.5 Å². The highest BCUT2D eigenvalue weighted by atomic mass is 19.4. The zero-order chi connectivity index (χ0) is 27.6. The first-order valence-electron chi connectivity index (χ1n) is 11.8. The van der Waals surface area contributed by atoms with Crippen LogP contribution in [0.4, 0.5) is 24.7 Å². The van der Waals surface area contributed by atoms with Crippen LogP contribution in [0.1, 0.15) is 46.6 Å². The summed E-state index contributed by atoms with van der Waals surface area (Å²) in [5.74, 6) is -0.434. The summed E-state index contributed by atoms with van der Waals surface area (Å²) in [7, 11) is 1.95. The van der Waals surface area contributed by atoms with Crippen LogP contribution in [-0.4, -0.2) is 39.8 Å². The number of likely N-dealkylation sites (N-methyl/N-ethyl adjacent to an activating group) is 1. The van der Waals surface area contributed by atoms with E-state index in [2.05, 4.69) is 32.4 Å². The van der Waals surface area contributed by atoms with Crippen molar-refractivity contribution in [2.75, 3.05) is 17.7 Å². The van der Waals surface area contributed by atoms with E-state index >= 15 is 0 Å². The van der Waals surface area contributed by atoms with E-state index in [1.807, 2.05) is 44.4 Å². The largest absolute Gasteiger partial charge is 0.433 e. The van der Waals surface area contributed by atoms with E-state index in [0.29, 0.717) is 11.5 Å². The van der Waals surface area contributed by atoms with E-state index in [-0.39, 0.29) is 17.5 Å². The number of halogens is 3. The van der Waals surface area contributed by atoms with Gasteiger partial charge in [-0.3, -0.25) is 14.6 Å². The molecule has 0 saturated carbocycles. The van der Waals surface area contributed by atoms with Crippen LogP contribution in [0.3, 0.4) is 0 Å². The lowest BCUT2D eigenvalue weighted by Crippen LogP contribution is -2.28. The van der Waals surface area contributed by atoms with Crippen LogP contribution in [0.5, 0.6) is 0 Å².